The number of hydrogen-bond donors (Lipinski definition) is 2. The van der Waals surface area contributed by atoms with E-state index in [9.17, 15) is 18.0 Å². The number of piperidine rings is 2. The minimum atomic E-state index is -4.57. The number of carbonyl (C=O) groups excluding carboxylic acids is 1. The van der Waals surface area contributed by atoms with Gasteiger partial charge in [0, 0.05) is 13.1 Å². The quantitative estimate of drug-likeness (QED) is 0.811. The maximum absolute atomic E-state index is 13.7. The fraction of sp³-hybridized carbons (Fsp3) is 0.632. The molecule has 2 aromatic heterocycles. The van der Waals surface area contributed by atoms with Gasteiger partial charge in [-0.2, -0.15) is 18.3 Å². The Morgan fingerprint density at radius 2 is 1.90 bits per heavy atom. The van der Waals surface area contributed by atoms with Crippen LogP contribution in [0.1, 0.15) is 55.8 Å². The van der Waals surface area contributed by atoms with E-state index in [0.29, 0.717) is 18.7 Å². The summed E-state index contributed by atoms with van der Waals surface area (Å²) >= 11 is 0. The number of pyridine rings is 1. The molecule has 0 bridgehead atoms. The number of amides is 1. The second-order valence-corrected chi connectivity index (χ2v) is 7.85. The van der Waals surface area contributed by atoms with Crippen molar-refractivity contribution in [2.75, 3.05) is 31.9 Å². The zero-order valence-electron chi connectivity index (χ0n) is 16.1. The van der Waals surface area contributed by atoms with E-state index in [-0.39, 0.29) is 35.3 Å². The number of likely N-dealkylation sites (tertiary alicyclic amines) is 2. The second kappa shape index (κ2) is 7.81. The van der Waals surface area contributed by atoms with Gasteiger partial charge in [-0.1, -0.05) is 6.42 Å². The van der Waals surface area contributed by atoms with Gasteiger partial charge in [-0.25, -0.2) is 4.98 Å². The predicted octanol–water partition coefficient (Wildman–Crippen LogP) is 3.10. The van der Waals surface area contributed by atoms with Gasteiger partial charge < -0.3 is 10.6 Å². The third-order valence-electron chi connectivity index (χ3n) is 5.88. The highest BCUT2D eigenvalue weighted by molar-refractivity contribution is 5.89. The standard InChI is InChI=1S/C19H25F3N6O/c20-19(21,22)12-10-13(24-18-16(12)17(23)25-26-18)14-6-2-5-9-28(14)11-15(29)27-7-3-1-4-8-27/h10,14H,1-9,11H2,(H3,23,24,25,26)/t14-/m0/s1. The summed E-state index contributed by atoms with van der Waals surface area (Å²) in [5.74, 6) is -0.107. The Hall–Kier alpha value is -2.36. The first-order chi connectivity index (χ1) is 13.8. The third-order valence-corrected chi connectivity index (χ3v) is 5.88. The topological polar surface area (TPSA) is 91.1 Å². The van der Waals surface area contributed by atoms with Crippen LogP contribution in [0.2, 0.25) is 0 Å². The van der Waals surface area contributed by atoms with Crippen LogP contribution in [0.3, 0.4) is 0 Å². The van der Waals surface area contributed by atoms with E-state index in [4.69, 9.17) is 5.73 Å². The number of fused-ring (bicyclic) bond motifs is 1. The Kier molecular flexibility index (Phi) is 5.37. The van der Waals surface area contributed by atoms with Crippen molar-refractivity contribution in [1.82, 2.24) is 25.0 Å². The average molecular weight is 410 g/mol. The van der Waals surface area contributed by atoms with Gasteiger partial charge >= 0.3 is 6.18 Å². The van der Waals surface area contributed by atoms with Crippen LogP contribution in [-0.4, -0.2) is 57.1 Å². The highest BCUT2D eigenvalue weighted by atomic mass is 19.4. The molecule has 2 saturated heterocycles. The van der Waals surface area contributed by atoms with Gasteiger partial charge in [0.25, 0.3) is 0 Å². The summed E-state index contributed by atoms with van der Waals surface area (Å²) in [6.07, 6.45) is 1.01. The van der Waals surface area contributed by atoms with Gasteiger partial charge in [0.2, 0.25) is 5.91 Å². The molecule has 2 aliphatic heterocycles. The first kappa shape index (κ1) is 19.9. The van der Waals surface area contributed by atoms with Crippen LogP contribution in [0, 0.1) is 0 Å². The summed E-state index contributed by atoms with van der Waals surface area (Å²) in [5.41, 5.74) is 5.08. The lowest BCUT2D eigenvalue weighted by atomic mass is 9.97. The molecule has 7 nitrogen and oxygen atoms in total. The first-order valence-electron chi connectivity index (χ1n) is 10.1. The van der Waals surface area contributed by atoms with E-state index in [0.717, 1.165) is 51.3 Å². The van der Waals surface area contributed by atoms with Crippen LogP contribution < -0.4 is 5.73 Å². The number of H-pyrrole nitrogens is 1. The molecule has 0 radical (unpaired) electrons. The predicted molar refractivity (Wildman–Crippen MR) is 102 cm³/mol. The Labute approximate surface area is 166 Å². The summed E-state index contributed by atoms with van der Waals surface area (Å²) < 4.78 is 41.0. The molecular weight excluding hydrogens is 385 g/mol. The summed E-state index contributed by atoms with van der Waals surface area (Å²) in [7, 11) is 0. The number of nitrogen functional groups attached to an aromatic ring is 1. The largest absolute Gasteiger partial charge is 0.417 e. The van der Waals surface area contributed by atoms with Gasteiger partial charge in [0.1, 0.15) is 5.82 Å². The number of nitrogens with zero attached hydrogens (tertiary/aromatic N) is 4. The Bertz CT molecular complexity index is 890. The van der Waals surface area contributed by atoms with E-state index in [1.54, 1.807) is 0 Å². The Balaban J connectivity index is 1.64. The van der Waals surface area contributed by atoms with Crippen LogP contribution in [0.5, 0.6) is 0 Å². The maximum Gasteiger partial charge on any atom is 0.417 e. The van der Waals surface area contributed by atoms with Crippen molar-refractivity contribution in [3.63, 3.8) is 0 Å². The number of carbonyl (C=O) groups is 1. The number of halogens is 3. The molecule has 3 N–H and O–H groups in total. The monoisotopic (exact) mass is 410 g/mol. The van der Waals surface area contributed by atoms with E-state index >= 15 is 0 Å². The number of hydrogen-bond acceptors (Lipinski definition) is 5. The lowest BCUT2D eigenvalue weighted by Gasteiger charge is -2.37. The number of rotatable bonds is 3. The molecule has 158 valence electrons. The molecule has 0 aromatic carbocycles. The Morgan fingerprint density at radius 3 is 2.62 bits per heavy atom. The van der Waals surface area contributed by atoms with Gasteiger partial charge in [-0.05, 0) is 44.7 Å². The maximum atomic E-state index is 13.7. The number of nitrogens with two attached hydrogens (primary N) is 1. The van der Waals surface area contributed by atoms with Crippen molar-refractivity contribution in [3.05, 3.63) is 17.3 Å². The lowest BCUT2D eigenvalue weighted by molar-refractivity contribution is -0.137. The smallest absolute Gasteiger partial charge is 0.383 e. The van der Waals surface area contributed by atoms with E-state index in [1.165, 1.54) is 0 Å². The van der Waals surface area contributed by atoms with Crippen LogP contribution >= 0.6 is 0 Å². The molecule has 4 rings (SSSR count). The highest BCUT2D eigenvalue weighted by Gasteiger charge is 2.37. The molecule has 0 unspecified atom stereocenters. The van der Waals surface area contributed by atoms with Crippen LogP contribution in [0.15, 0.2) is 6.07 Å². The number of aromatic amines is 1. The zero-order valence-corrected chi connectivity index (χ0v) is 16.1. The van der Waals surface area contributed by atoms with Gasteiger partial charge in [0.05, 0.1) is 29.2 Å². The van der Waals surface area contributed by atoms with Gasteiger partial charge in [-0.15, -0.1) is 0 Å². The summed E-state index contributed by atoms with van der Waals surface area (Å²) in [6, 6.07) is 0.726. The van der Waals surface area contributed by atoms with Crippen molar-refractivity contribution >= 4 is 22.8 Å². The number of aromatic nitrogens is 3. The molecule has 2 fully saturated rings. The molecule has 0 aliphatic carbocycles. The molecule has 4 heterocycles. The van der Waals surface area contributed by atoms with Crippen molar-refractivity contribution < 1.29 is 18.0 Å². The number of alkyl halides is 3. The second-order valence-electron chi connectivity index (χ2n) is 7.85. The van der Waals surface area contributed by atoms with Crippen molar-refractivity contribution in [2.45, 2.75) is 50.7 Å². The van der Waals surface area contributed by atoms with E-state index < -0.39 is 11.7 Å². The summed E-state index contributed by atoms with van der Waals surface area (Å²) in [6.45, 7) is 2.38. The van der Waals surface area contributed by atoms with Crippen LogP contribution in [0.4, 0.5) is 19.0 Å². The van der Waals surface area contributed by atoms with Gasteiger partial charge in [0.15, 0.2) is 5.65 Å². The molecule has 0 saturated carbocycles. The number of nitrogens with one attached hydrogen (secondary N) is 1. The lowest BCUT2D eigenvalue weighted by Crippen LogP contribution is -2.45. The molecule has 0 spiro atoms. The fourth-order valence-corrected chi connectivity index (χ4v) is 4.39. The minimum Gasteiger partial charge on any atom is -0.383 e. The molecule has 1 amide bonds. The molecule has 1 atom stereocenters. The molecule has 2 aliphatic rings. The number of anilines is 1. The highest BCUT2D eigenvalue weighted by Crippen LogP contribution is 2.39. The van der Waals surface area contributed by atoms with E-state index in [1.807, 2.05) is 9.80 Å². The van der Waals surface area contributed by atoms with Gasteiger partial charge in [-0.3, -0.25) is 14.8 Å². The SMILES string of the molecule is Nc1[nH]nc2nc([C@@H]3CCCCN3CC(=O)N3CCCCC3)cc(C(F)(F)F)c12. The molecule has 10 heteroatoms. The first-order valence-corrected chi connectivity index (χ1v) is 10.1. The molecule has 29 heavy (non-hydrogen) atoms. The summed E-state index contributed by atoms with van der Waals surface area (Å²) in [5, 5.41) is 6.05. The van der Waals surface area contributed by atoms with Crippen molar-refractivity contribution in [3.8, 4) is 0 Å². The molecule has 2 aromatic rings. The zero-order chi connectivity index (χ0) is 20.6. The fourth-order valence-electron chi connectivity index (χ4n) is 4.39. The summed E-state index contributed by atoms with van der Waals surface area (Å²) in [4.78, 5) is 20.9. The average Bonchev–Trinajstić information content (AvgIpc) is 3.08. The van der Waals surface area contributed by atoms with Crippen molar-refractivity contribution in [2.24, 2.45) is 0 Å². The molecular formula is C19H25F3N6O. The van der Waals surface area contributed by atoms with Crippen LogP contribution in [-0.2, 0) is 11.0 Å². The van der Waals surface area contributed by atoms with E-state index in [2.05, 4.69) is 15.2 Å². The van der Waals surface area contributed by atoms with Crippen molar-refractivity contribution in [1.29, 1.82) is 0 Å². The minimum absolute atomic E-state index is 0.0396. The Morgan fingerprint density at radius 1 is 1.17 bits per heavy atom. The van der Waals surface area contributed by atoms with Crippen LogP contribution in [0.25, 0.3) is 11.0 Å². The normalized spacial score (nSPS) is 21.6. The third kappa shape index (κ3) is 4.03.